The van der Waals surface area contributed by atoms with Crippen LogP contribution in [0.3, 0.4) is 0 Å². The van der Waals surface area contributed by atoms with E-state index in [2.05, 4.69) is 44.3 Å². The summed E-state index contributed by atoms with van der Waals surface area (Å²) in [5, 5.41) is 14.0. The fourth-order valence-corrected chi connectivity index (χ4v) is 5.42. The number of benzene rings is 1. The maximum absolute atomic E-state index is 12.8. The normalized spacial score (nSPS) is 36.5. The highest BCUT2D eigenvalue weighted by atomic mass is 16.3. The van der Waals surface area contributed by atoms with Crippen molar-refractivity contribution in [2.45, 2.75) is 58.7 Å². The van der Waals surface area contributed by atoms with Gasteiger partial charge < -0.3 is 15.3 Å². The largest absolute Gasteiger partial charge is 0.390 e. The van der Waals surface area contributed by atoms with Gasteiger partial charge in [-0.1, -0.05) is 45.0 Å². The van der Waals surface area contributed by atoms with Crippen LogP contribution in [-0.2, 0) is 13.0 Å². The van der Waals surface area contributed by atoms with E-state index in [1.165, 1.54) is 11.1 Å². The Labute approximate surface area is 144 Å². The lowest BCUT2D eigenvalue weighted by Gasteiger charge is -2.37. The molecule has 24 heavy (non-hydrogen) atoms. The Hall–Kier alpha value is -1.55. The summed E-state index contributed by atoms with van der Waals surface area (Å²) in [5.74, 6) is 0.360. The third kappa shape index (κ3) is 2.05. The van der Waals surface area contributed by atoms with E-state index in [-0.39, 0.29) is 22.9 Å². The first-order valence-corrected chi connectivity index (χ1v) is 9.15. The van der Waals surface area contributed by atoms with E-state index >= 15 is 0 Å². The van der Waals surface area contributed by atoms with Crippen LogP contribution in [0.2, 0.25) is 0 Å². The molecule has 4 nitrogen and oxygen atoms in total. The molecular formula is C20H28N2O2. The van der Waals surface area contributed by atoms with E-state index in [4.69, 9.17) is 0 Å². The van der Waals surface area contributed by atoms with Gasteiger partial charge in [-0.2, -0.15) is 0 Å². The van der Waals surface area contributed by atoms with Gasteiger partial charge in [0.15, 0.2) is 0 Å². The van der Waals surface area contributed by atoms with Gasteiger partial charge in [0.25, 0.3) is 0 Å². The van der Waals surface area contributed by atoms with Gasteiger partial charge in [-0.05, 0) is 41.7 Å². The zero-order valence-corrected chi connectivity index (χ0v) is 14.9. The second-order valence-electron chi connectivity index (χ2n) is 8.64. The Kier molecular flexibility index (Phi) is 3.47. The lowest BCUT2D eigenvalue weighted by Crippen LogP contribution is -2.53. The van der Waals surface area contributed by atoms with Crippen LogP contribution >= 0.6 is 0 Å². The third-order valence-corrected chi connectivity index (χ3v) is 7.51. The topological polar surface area (TPSA) is 52.6 Å². The Bertz CT molecular complexity index is 671. The molecule has 1 aromatic carbocycles. The van der Waals surface area contributed by atoms with E-state index in [1.54, 1.807) is 0 Å². The molecule has 2 aliphatic carbocycles. The number of carbonyl (C=O) groups is 1. The molecule has 0 aromatic heterocycles. The number of fused-ring (bicyclic) bond motifs is 3. The van der Waals surface area contributed by atoms with Crippen LogP contribution in [0.1, 0.15) is 44.7 Å². The number of hydrogen-bond donors (Lipinski definition) is 2. The molecule has 2 N–H and O–H groups in total. The first kappa shape index (κ1) is 15.9. The zero-order chi connectivity index (χ0) is 17.1. The molecule has 0 spiro atoms. The van der Waals surface area contributed by atoms with Crippen LogP contribution in [0.25, 0.3) is 0 Å². The molecule has 1 heterocycles. The fourth-order valence-electron chi connectivity index (χ4n) is 5.42. The van der Waals surface area contributed by atoms with E-state index in [0.29, 0.717) is 12.5 Å². The van der Waals surface area contributed by atoms with Gasteiger partial charge in [0.2, 0.25) is 0 Å². The minimum Gasteiger partial charge on any atom is -0.390 e. The molecule has 2 amide bonds. The van der Waals surface area contributed by atoms with E-state index < -0.39 is 6.10 Å². The van der Waals surface area contributed by atoms with Gasteiger partial charge >= 0.3 is 6.03 Å². The second-order valence-corrected chi connectivity index (χ2v) is 8.64. The van der Waals surface area contributed by atoms with Gasteiger partial charge in [-0.25, -0.2) is 4.79 Å². The number of amides is 2. The first-order valence-electron chi connectivity index (χ1n) is 9.15. The van der Waals surface area contributed by atoms with Crippen molar-refractivity contribution in [2.75, 3.05) is 6.54 Å². The standard InChI is InChI=1S/C20H28N2O2/c1-19(2)15-8-10-20(19,3)17(23)16(15)21-18(24)22-11-9-13-6-4-5-7-14(13)12-22/h4-7,15-17,23H,8-12H2,1-3H3,(H,21,24)/t15-,16-,17-,20+/m1/s1. The predicted octanol–water partition coefficient (Wildman–Crippen LogP) is 2.94. The summed E-state index contributed by atoms with van der Waals surface area (Å²) in [4.78, 5) is 14.7. The van der Waals surface area contributed by atoms with Crippen LogP contribution in [0.4, 0.5) is 4.79 Å². The van der Waals surface area contributed by atoms with E-state index in [0.717, 1.165) is 25.8 Å². The highest BCUT2D eigenvalue weighted by molar-refractivity contribution is 5.75. The van der Waals surface area contributed by atoms with Gasteiger partial charge in [0.1, 0.15) is 0 Å². The summed E-state index contributed by atoms with van der Waals surface area (Å²) >= 11 is 0. The van der Waals surface area contributed by atoms with Crippen molar-refractivity contribution in [3.63, 3.8) is 0 Å². The molecule has 2 bridgehead atoms. The van der Waals surface area contributed by atoms with Crippen molar-refractivity contribution < 1.29 is 9.90 Å². The minimum absolute atomic E-state index is 0.0273. The number of nitrogens with zero attached hydrogens (tertiary/aromatic N) is 1. The van der Waals surface area contributed by atoms with Gasteiger partial charge in [-0.3, -0.25) is 0 Å². The molecule has 4 rings (SSSR count). The molecule has 4 atom stereocenters. The van der Waals surface area contributed by atoms with Crippen molar-refractivity contribution in [1.29, 1.82) is 0 Å². The number of carbonyl (C=O) groups excluding carboxylic acids is 1. The molecule has 0 radical (unpaired) electrons. The number of rotatable bonds is 1. The average molecular weight is 328 g/mol. The predicted molar refractivity (Wildman–Crippen MR) is 93.5 cm³/mol. The van der Waals surface area contributed by atoms with Crippen LogP contribution in [0, 0.1) is 16.7 Å². The summed E-state index contributed by atoms with van der Waals surface area (Å²) in [7, 11) is 0. The van der Waals surface area contributed by atoms with Crippen molar-refractivity contribution in [3.8, 4) is 0 Å². The van der Waals surface area contributed by atoms with Crippen molar-refractivity contribution in [3.05, 3.63) is 35.4 Å². The number of nitrogens with one attached hydrogen (secondary N) is 1. The smallest absolute Gasteiger partial charge is 0.318 e. The number of urea groups is 1. The third-order valence-electron chi connectivity index (χ3n) is 7.51. The van der Waals surface area contributed by atoms with Crippen LogP contribution in [0.15, 0.2) is 24.3 Å². The van der Waals surface area contributed by atoms with E-state index in [1.807, 2.05) is 11.0 Å². The maximum Gasteiger partial charge on any atom is 0.318 e. The summed E-state index contributed by atoms with van der Waals surface area (Å²) in [6.45, 7) is 8.09. The Morgan fingerprint density at radius 1 is 1.25 bits per heavy atom. The monoisotopic (exact) mass is 328 g/mol. The molecule has 3 aliphatic rings. The molecule has 0 saturated heterocycles. The Morgan fingerprint density at radius 2 is 1.96 bits per heavy atom. The molecule has 2 fully saturated rings. The lowest BCUT2D eigenvalue weighted by atomic mass is 9.70. The molecule has 1 aliphatic heterocycles. The fraction of sp³-hybridized carbons (Fsp3) is 0.650. The van der Waals surface area contributed by atoms with Gasteiger partial charge in [-0.15, -0.1) is 0 Å². The molecule has 4 heteroatoms. The number of aliphatic hydroxyl groups is 1. The Balaban J connectivity index is 1.48. The summed E-state index contributed by atoms with van der Waals surface area (Å²) in [6, 6.07) is 8.19. The summed E-state index contributed by atoms with van der Waals surface area (Å²) in [5.41, 5.74) is 2.55. The molecule has 1 aromatic rings. The van der Waals surface area contributed by atoms with Gasteiger partial charge in [0, 0.05) is 18.5 Å². The molecule has 130 valence electrons. The maximum atomic E-state index is 12.8. The Morgan fingerprint density at radius 3 is 2.62 bits per heavy atom. The summed E-state index contributed by atoms with van der Waals surface area (Å²) < 4.78 is 0. The quantitative estimate of drug-likeness (QED) is 0.833. The SMILES string of the molecule is CC1(C)[C@@H]2CC[C@@]1(C)[C@H](O)[C@@H]2NC(=O)N1CCc2ccccc2C1. The summed E-state index contributed by atoms with van der Waals surface area (Å²) in [6.07, 6.45) is 2.60. The van der Waals surface area contributed by atoms with E-state index in [9.17, 15) is 9.90 Å². The molecule has 2 saturated carbocycles. The van der Waals surface area contributed by atoms with Crippen molar-refractivity contribution >= 4 is 6.03 Å². The first-order chi connectivity index (χ1) is 11.3. The lowest BCUT2D eigenvalue weighted by molar-refractivity contribution is 0.00102. The van der Waals surface area contributed by atoms with Crippen molar-refractivity contribution in [2.24, 2.45) is 16.7 Å². The zero-order valence-electron chi connectivity index (χ0n) is 14.9. The number of hydrogen-bond acceptors (Lipinski definition) is 2. The average Bonchev–Trinajstić information content (AvgIpc) is 2.88. The molecule has 0 unspecified atom stereocenters. The van der Waals surface area contributed by atoms with Gasteiger partial charge in [0.05, 0.1) is 12.1 Å². The van der Waals surface area contributed by atoms with Crippen LogP contribution < -0.4 is 5.32 Å². The van der Waals surface area contributed by atoms with Crippen LogP contribution in [0.5, 0.6) is 0 Å². The van der Waals surface area contributed by atoms with Crippen molar-refractivity contribution in [1.82, 2.24) is 10.2 Å². The minimum atomic E-state index is -0.452. The van der Waals surface area contributed by atoms with Crippen LogP contribution in [-0.4, -0.2) is 34.7 Å². The number of aliphatic hydroxyl groups excluding tert-OH is 1. The highest BCUT2D eigenvalue weighted by Gasteiger charge is 2.66. The second kappa shape index (κ2) is 5.22. The highest BCUT2D eigenvalue weighted by Crippen LogP contribution is 2.65. The molecular weight excluding hydrogens is 300 g/mol.